The lowest BCUT2D eigenvalue weighted by Crippen LogP contribution is -2.17. The first-order valence-electron chi connectivity index (χ1n) is 10.4. The summed E-state index contributed by atoms with van der Waals surface area (Å²) < 4.78 is 7.89. The number of rotatable bonds is 6. The summed E-state index contributed by atoms with van der Waals surface area (Å²) in [4.78, 5) is 20.2. The van der Waals surface area contributed by atoms with Crippen LogP contribution in [0.25, 0.3) is 16.7 Å². The Morgan fingerprint density at radius 3 is 2.55 bits per heavy atom. The Labute approximate surface area is 194 Å². The van der Waals surface area contributed by atoms with Crippen molar-refractivity contribution < 1.29 is 9.21 Å². The van der Waals surface area contributed by atoms with Crippen LogP contribution in [0.15, 0.2) is 92.6 Å². The van der Waals surface area contributed by atoms with E-state index in [1.165, 1.54) is 18.0 Å². The smallest absolute Gasteiger partial charge is 0.271 e. The van der Waals surface area contributed by atoms with Gasteiger partial charge in [-0.2, -0.15) is 5.10 Å². The van der Waals surface area contributed by atoms with Crippen molar-refractivity contribution in [2.24, 2.45) is 5.10 Å². The molecule has 0 radical (unpaired) electrons. The molecule has 164 valence electrons. The Hall–Kier alpha value is -4.04. The minimum Gasteiger partial charge on any atom is -0.448 e. The van der Waals surface area contributed by atoms with Gasteiger partial charge in [0.2, 0.25) is 0 Å². The minimum atomic E-state index is -0.290. The molecule has 0 bridgehead atoms. The van der Waals surface area contributed by atoms with Gasteiger partial charge in [-0.3, -0.25) is 4.79 Å². The minimum absolute atomic E-state index is 0.290. The number of imidazole rings is 1. The van der Waals surface area contributed by atoms with E-state index in [1.807, 2.05) is 42.5 Å². The SMILES string of the molecule is Cc1ccc(C)n1-c1ccc(C(=O)N/N=C\c2ccc(Sc3nc4ccccc4[nH]3)o2)cc1. The van der Waals surface area contributed by atoms with E-state index in [2.05, 4.69) is 51.0 Å². The zero-order valence-electron chi connectivity index (χ0n) is 18.1. The van der Waals surface area contributed by atoms with E-state index in [0.717, 1.165) is 33.3 Å². The first-order valence-corrected chi connectivity index (χ1v) is 11.2. The molecular weight excluding hydrogens is 434 g/mol. The van der Waals surface area contributed by atoms with Gasteiger partial charge in [-0.15, -0.1) is 0 Å². The summed E-state index contributed by atoms with van der Waals surface area (Å²) in [7, 11) is 0. The van der Waals surface area contributed by atoms with Gasteiger partial charge < -0.3 is 14.0 Å². The second kappa shape index (κ2) is 8.84. The molecule has 1 amide bonds. The van der Waals surface area contributed by atoms with Crippen molar-refractivity contribution in [2.75, 3.05) is 0 Å². The maximum atomic E-state index is 12.4. The fourth-order valence-corrected chi connectivity index (χ4v) is 4.36. The number of aromatic nitrogens is 3. The third-order valence-corrected chi connectivity index (χ3v) is 5.99. The van der Waals surface area contributed by atoms with E-state index < -0.39 is 0 Å². The molecule has 0 aliphatic carbocycles. The summed E-state index contributed by atoms with van der Waals surface area (Å²) in [5.41, 5.74) is 8.25. The lowest BCUT2D eigenvalue weighted by Gasteiger charge is -2.09. The highest BCUT2D eigenvalue weighted by Gasteiger charge is 2.09. The highest BCUT2D eigenvalue weighted by Crippen LogP contribution is 2.28. The number of aromatic amines is 1. The van der Waals surface area contributed by atoms with Gasteiger partial charge in [0.05, 0.1) is 17.2 Å². The van der Waals surface area contributed by atoms with Crippen LogP contribution in [0.3, 0.4) is 0 Å². The average Bonchev–Trinajstić information content (AvgIpc) is 3.52. The Morgan fingerprint density at radius 1 is 1.03 bits per heavy atom. The molecule has 0 saturated carbocycles. The second-order valence-electron chi connectivity index (χ2n) is 7.52. The highest BCUT2D eigenvalue weighted by atomic mass is 32.2. The predicted molar refractivity (Wildman–Crippen MR) is 129 cm³/mol. The zero-order valence-corrected chi connectivity index (χ0v) is 18.9. The standard InChI is InChI=1S/C25H21N5O2S/c1-16-7-8-17(2)30(16)19-11-9-18(10-12-19)24(31)29-26-15-20-13-14-23(32-20)33-25-27-21-5-3-4-6-22(21)28-25/h3-15H,1-2H3,(H,27,28)(H,29,31)/b26-15-. The molecule has 0 unspecified atom stereocenters. The van der Waals surface area contributed by atoms with Gasteiger partial charge in [0.15, 0.2) is 10.2 Å². The maximum Gasteiger partial charge on any atom is 0.271 e. The largest absolute Gasteiger partial charge is 0.448 e. The van der Waals surface area contributed by atoms with Crippen molar-refractivity contribution in [3.63, 3.8) is 0 Å². The molecule has 7 nitrogen and oxygen atoms in total. The van der Waals surface area contributed by atoms with Gasteiger partial charge in [-0.1, -0.05) is 12.1 Å². The van der Waals surface area contributed by atoms with Crippen molar-refractivity contribution >= 4 is 34.9 Å². The van der Waals surface area contributed by atoms with Crippen molar-refractivity contribution in [3.05, 3.63) is 95.5 Å². The summed E-state index contributed by atoms with van der Waals surface area (Å²) in [6.07, 6.45) is 1.47. The molecule has 0 fully saturated rings. The molecule has 2 aromatic carbocycles. The number of H-pyrrole nitrogens is 1. The van der Waals surface area contributed by atoms with Gasteiger partial charge in [0, 0.05) is 22.6 Å². The second-order valence-corrected chi connectivity index (χ2v) is 8.51. The van der Waals surface area contributed by atoms with Crippen LogP contribution in [0, 0.1) is 13.8 Å². The summed E-state index contributed by atoms with van der Waals surface area (Å²) in [5.74, 6) is 0.241. The summed E-state index contributed by atoms with van der Waals surface area (Å²) >= 11 is 1.39. The van der Waals surface area contributed by atoms with Gasteiger partial charge >= 0.3 is 0 Å². The monoisotopic (exact) mass is 455 g/mol. The number of nitrogens with one attached hydrogen (secondary N) is 2. The van der Waals surface area contributed by atoms with Crippen LogP contribution in [0.5, 0.6) is 0 Å². The number of hydrogen-bond acceptors (Lipinski definition) is 5. The molecule has 8 heteroatoms. The molecule has 0 aliphatic heterocycles. The Bertz CT molecular complexity index is 1410. The molecule has 33 heavy (non-hydrogen) atoms. The van der Waals surface area contributed by atoms with E-state index in [9.17, 15) is 4.79 Å². The van der Waals surface area contributed by atoms with E-state index in [1.54, 1.807) is 18.2 Å². The van der Waals surface area contributed by atoms with Crippen LogP contribution in [0.1, 0.15) is 27.5 Å². The molecule has 0 atom stereocenters. The lowest BCUT2D eigenvalue weighted by atomic mass is 10.2. The van der Waals surface area contributed by atoms with Crippen molar-refractivity contribution in [3.8, 4) is 5.69 Å². The molecule has 5 rings (SSSR count). The van der Waals surface area contributed by atoms with Crippen LogP contribution >= 0.6 is 11.8 Å². The number of aryl methyl sites for hydroxylation is 2. The maximum absolute atomic E-state index is 12.4. The summed E-state index contributed by atoms with van der Waals surface area (Å²) in [6.45, 7) is 4.11. The Morgan fingerprint density at radius 2 is 1.79 bits per heavy atom. The number of amides is 1. The topological polar surface area (TPSA) is 88.2 Å². The normalized spacial score (nSPS) is 11.5. The number of benzene rings is 2. The zero-order chi connectivity index (χ0) is 22.8. The van der Waals surface area contributed by atoms with Gasteiger partial charge in [-0.25, -0.2) is 10.4 Å². The van der Waals surface area contributed by atoms with Crippen molar-refractivity contribution in [2.45, 2.75) is 24.1 Å². The van der Waals surface area contributed by atoms with Crippen molar-refractivity contribution in [1.82, 2.24) is 20.0 Å². The van der Waals surface area contributed by atoms with E-state index in [-0.39, 0.29) is 5.91 Å². The molecule has 0 aliphatic rings. The number of furan rings is 1. The first-order chi connectivity index (χ1) is 16.1. The van der Waals surface area contributed by atoms with E-state index in [0.29, 0.717) is 16.4 Å². The van der Waals surface area contributed by atoms with Crippen LogP contribution in [0.2, 0.25) is 0 Å². The Kier molecular flexibility index (Phi) is 5.58. The van der Waals surface area contributed by atoms with Crippen LogP contribution < -0.4 is 5.43 Å². The predicted octanol–water partition coefficient (Wildman–Crippen LogP) is 5.48. The van der Waals surface area contributed by atoms with Crippen molar-refractivity contribution in [1.29, 1.82) is 0 Å². The molecular formula is C25H21N5O2S. The molecule has 5 aromatic rings. The van der Waals surface area contributed by atoms with Crippen LogP contribution in [0.4, 0.5) is 0 Å². The van der Waals surface area contributed by atoms with E-state index in [4.69, 9.17) is 4.42 Å². The number of hydrogen-bond donors (Lipinski definition) is 2. The molecule has 3 heterocycles. The average molecular weight is 456 g/mol. The third kappa shape index (κ3) is 4.47. The third-order valence-electron chi connectivity index (χ3n) is 5.18. The summed E-state index contributed by atoms with van der Waals surface area (Å²) in [6, 6.07) is 23.0. The number of carbonyl (C=O) groups is 1. The Balaban J connectivity index is 1.20. The number of nitrogens with zero attached hydrogens (tertiary/aromatic N) is 3. The number of carbonyl (C=O) groups excluding carboxylic acids is 1. The highest BCUT2D eigenvalue weighted by molar-refractivity contribution is 7.99. The molecule has 2 N–H and O–H groups in total. The van der Waals surface area contributed by atoms with Gasteiger partial charge in [0.1, 0.15) is 5.76 Å². The molecule has 0 spiro atoms. The number of fused-ring (bicyclic) bond motifs is 1. The lowest BCUT2D eigenvalue weighted by molar-refractivity contribution is 0.0955. The molecule has 0 saturated heterocycles. The number of hydrazone groups is 1. The van der Waals surface area contributed by atoms with Crippen LogP contribution in [-0.2, 0) is 0 Å². The van der Waals surface area contributed by atoms with Gasteiger partial charge in [0.25, 0.3) is 5.91 Å². The fraction of sp³-hybridized carbons (Fsp3) is 0.0800. The van der Waals surface area contributed by atoms with Crippen LogP contribution in [-0.4, -0.2) is 26.7 Å². The summed E-state index contributed by atoms with van der Waals surface area (Å²) in [5, 5.41) is 5.44. The number of para-hydroxylation sites is 2. The molecule has 3 aromatic heterocycles. The first kappa shape index (κ1) is 20.8. The fourth-order valence-electron chi connectivity index (χ4n) is 3.59. The van der Waals surface area contributed by atoms with Gasteiger partial charge in [-0.05, 0) is 86.3 Å². The van der Waals surface area contributed by atoms with E-state index >= 15 is 0 Å². The quantitative estimate of drug-likeness (QED) is 0.262.